The highest BCUT2D eigenvalue weighted by atomic mass is 33.1. The van der Waals surface area contributed by atoms with Gasteiger partial charge in [0.15, 0.2) is 0 Å². The number of primary amides is 2. The first kappa shape index (κ1) is 54.7. The van der Waals surface area contributed by atoms with E-state index in [2.05, 4.69) is 37.2 Å². The number of carbonyl (C=O) groups excluding carboxylic acids is 10. The zero-order valence-electron chi connectivity index (χ0n) is 37.3. The lowest BCUT2D eigenvalue weighted by Gasteiger charge is -2.31. The van der Waals surface area contributed by atoms with Crippen molar-refractivity contribution in [2.75, 3.05) is 31.2 Å². The van der Waals surface area contributed by atoms with Crippen LogP contribution in [0.25, 0.3) is 0 Å². The summed E-state index contributed by atoms with van der Waals surface area (Å²) in [5.74, 6) is -9.85. The van der Waals surface area contributed by atoms with Crippen LogP contribution in [0.1, 0.15) is 65.4 Å². The summed E-state index contributed by atoms with van der Waals surface area (Å²) >= 11 is 0. The quantitative estimate of drug-likeness (QED) is 0.0749. The molecule has 0 radical (unpaired) electrons. The Hall–Kier alpha value is -5.66. The molecule has 0 spiro atoms. The number of aliphatic hydroxyl groups is 1. The Bertz CT molecular complexity index is 1930. The van der Waals surface area contributed by atoms with Crippen molar-refractivity contribution in [3.63, 3.8) is 0 Å². The molecule has 25 heteroatoms. The van der Waals surface area contributed by atoms with Gasteiger partial charge in [0.25, 0.3) is 0 Å². The van der Waals surface area contributed by atoms with Gasteiger partial charge in [-0.2, -0.15) is 0 Å². The third-order valence-electron chi connectivity index (χ3n) is 11.2. The number of hydrogen-bond donors (Lipinski definition) is 12. The van der Waals surface area contributed by atoms with Crippen LogP contribution in [0.5, 0.6) is 5.75 Å². The number of nitrogens with zero attached hydrogens (tertiary/aromatic N) is 1. The predicted molar refractivity (Wildman–Crippen MR) is 243 cm³/mol. The Morgan fingerprint density at radius 3 is 2.02 bits per heavy atom. The molecule has 3 rings (SSSR count). The average Bonchev–Trinajstić information content (AvgIpc) is 3.78. The number of phenols is 1. The van der Waals surface area contributed by atoms with E-state index in [-0.39, 0.29) is 36.6 Å². The van der Waals surface area contributed by atoms with Crippen molar-refractivity contribution in [3.8, 4) is 5.75 Å². The summed E-state index contributed by atoms with van der Waals surface area (Å²) in [5.41, 5.74) is 17.5. The van der Waals surface area contributed by atoms with Crippen LogP contribution in [0.3, 0.4) is 0 Å². The maximum atomic E-state index is 14.4. The maximum absolute atomic E-state index is 14.4. The van der Waals surface area contributed by atoms with Gasteiger partial charge < -0.3 is 69.5 Å². The fourth-order valence-corrected chi connectivity index (χ4v) is 9.23. The Balaban J connectivity index is 2.00. The lowest BCUT2D eigenvalue weighted by Crippen LogP contribution is -2.62. The highest BCUT2D eigenvalue weighted by Crippen LogP contribution is 2.26. The van der Waals surface area contributed by atoms with Gasteiger partial charge in [-0.1, -0.05) is 74.3 Å². The fourth-order valence-electron chi connectivity index (χ4n) is 6.95. The number of nitrogens with two attached hydrogens (primary N) is 3. The Kier molecular flexibility index (Phi) is 21.9. The second kappa shape index (κ2) is 26.5. The van der Waals surface area contributed by atoms with Crippen LogP contribution < -0.4 is 54.4 Å². The number of amides is 10. The SMILES string of the molecule is CC[C@H](C)C1NC(=O)[C@H](Cc2ccc(O)cc2)NC(=O)[C@@H](N)CSSC[C@@H](C(=O)N2CCC[C@H]2C(=O)N[C@H](C(=O)NCC(N)=O)[C@@H](C)CC)NC(=O)[C@H](CC(N)=O)NC(=O)[C@H](CO)NC1=O. The number of phenolic OH excluding ortho intramolecular Hbond substituents is 1. The summed E-state index contributed by atoms with van der Waals surface area (Å²) in [6, 6.07) is -5.10. The number of aromatic hydroxyl groups is 1. The largest absolute Gasteiger partial charge is 0.508 e. The minimum atomic E-state index is -1.74. The summed E-state index contributed by atoms with van der Waals surface area (Å²) in [6.07, 6.45) is 0.465. The first-order chi connectivity index (χ1) is 31.2. The molecule has 10 atom stereocenters. The molecule has 366 valence electrons. The molecule has 0 aromatic heterocycles. The summed E-state index contributed by atoms with van der Waals surface area (Å²) in [4.78, 5) is 135. The van der Waals surface area contributed by atoms with E-state index in [1.165, 1.54) is 29.2 Å². The van der Waals surface area contributed by atoms with E-state index in [1.54, 1.807) is 27.7 Å². The van der Waals surface area contributed by atoms with Crippen LogP contribution in [-0.4, -0.2) is 154 Å². The van der Waals surface area contributed by atoms with Crippen molar-refractivity contribution < 1.29 is 58.2 Å². The predicted octanol–water partition coefficient (Wildman–Crippen LogP) is -3.88. The first-order valence-electron chi connectivity index (χ1n) is 21.6. The van der Waals surface area contributed by atoms with Gasteiger partial charge >= 0.3 is 0 Å². The molecule has 1 aromatic carbocycles. The van der Waals surface area contributed by atoms with Crippen molar-refractivity contribution in [2.45, 2.75) is 115 Å². The molecule has 15 N–H and O–H groups in total. The molecular weight excluding hydrogens is 903 g/mol. The topological polar surface area (TPSA) is 377 Å². The van der Waals surface area contributed by atoms with Gasteiger partial charge in [0.2, 0.25) is 59.1 Å². The first-order valence-corrected chi connectivity index (χ1v) is 24.1. The molecule has 2 aliphatic rings. The minimum absolute atomic E-state index is 0.0398. The molecule has 2 aliphatic heterocycles. The van der Waals surface area contributed by atoms with Gasteiger partial charge in [-0.3, -0.25) is 47.9 Å². The second-order valence-corrected chi connectivity index (χ2v) is 18.8. The van der Waals surface area contributed by atoms with E-state index in [4.69, 9.17) is 17.2 Å². The van der Waals surface area contributed by atoms with Crippen LogP contribution in [0.2, 0.25) is 0 Å². The normalized spacial score (nSPS) is 25.3. The smallest absolute Gasteiger partial charge is 0.246 e. The minimum Gasteiger partial charge on any atom is -0.508 e. The number of likely N-dealkylation sites (tertiary alicyclic amines) is 1. The van der Waals surface area contributed by atoms with Crippen molar-refractivity contribution in [3.05, 3.63) is 29.8 Å². The molecule has 0 aliphatic carbocycles. The van der Waals surface area contributed by atoms with Crippen molar-refractivity contribution in [2.24, 2.45) is 29.0 Å². The number of hydrogen-bond acceptors (Lipinski definition) is 15. The lowest BCUT2D eigenvalue weighted by atomic mass is 9.96. The molecule has 0 saturated carbocycles. The number of aliphatic hydroxyl groups excluding tert-OH is 1. The van der Waals surface area contributed by atoms with E-state index in [9.17, 15) is 58.2 Å². The van der Waals surface area contributed by atoms with Crippen LogP contribution >= 0.6 is 21.6 Å². The van der Waals surface area contributed by atoms with Crippen LogP contribution in [0.15, 0.2) is 24.3 Å². The summed E-state index contributed by atoms with van der Waals surface area (Å²) < 4.78 is 0. The van der Waals surface area contributed by atoms with E-state index in [0.717, 1.165) is 21.6 Å². The van der Waals surface area contributed by atoms with Crippen LogP contribution in [0, 0.1) is 11.8 Å². The van der Waals surface area contributed by atoms with Gasteiger partial charge in [-0.05, 0) is 42.4 Å². The fraction of sp³-hybridized carbons (Fsp3) is 0.610. The third-order valence-corrected chi connectivity index (χ3v) is 13.7. The van der Waals surface area contributed by atoms with Gasteiger partial charge in [0, 0.05) is 24.5 Å². The molecule has 66 heavy (non-hydrogen) atoms. The summed E-state index contributed by atoms with van der Waals surface area (Å²) in [6.45, 7) is 5.49. The van der Waals surface area contributed by atoms with Gasteiger partial charge in [-0.25, -0.2) is 0 Å². The molecular formula is C41H63N11O12S2. The number of nitrogens with one attached hydrogen (secondary N) is 7. The molecule has 2 heterocycles. The molecule has 23 nitrogen and oxygen atoms in total. The summed E-state index contributed by atoms with van der Waals surface area (Å²) in [7, 11) is 2.06. The monoisotopic (exact) mass is 965 g/mol. The molecule has 10 amide bonds. The highest BCUT2D eigenvalue weighted by Gasteiger charge is 2.41. The van der Waals surface area contributed by atoms with Crippen LogP contribution in [-0.2, 0) is 54.4 Å². The Morgan fingerprint density at radius 1 is 0.803 bits per heavy atom. The van der Waals surface area contributed by atoms with Gasteiger partial charge in [0.1, 0.15) is 48.0 Å². The number of carbonyl (C=O) groups is 10. The lowest BCUT2D eigenvalue weighted by molar-refractivity contribution is -0.142. The zero-order chi connectivity index (χ0) is 49.2. The highest BCUT2D eigenvalue weighted by molar-refractivity contribution is 8.76. The van der Waals surface area contributed by atoms with Crippen molar-refractivity contribution >= 4 is 80.7 Å². The standard InChI is InChI=1S/C41H63N11O12S2/c1-5-20(3)32(39(62)45-16-31(44)56)51-38(61)29-8-7-13-52(29)41(64)28-19-66-65-18-24(42)34(57)46-25(14-22-9-11-23(54)12-10-22)36(59)50-33(21(4)6-2)40(63)48-27(17-53)37(60)47-26(15-30(43)55)35(58)49-28/h9-12,20-21,24-29,32-33,53-54H,5-8,13-19,42H2,1-4H3,(H2,43,55)(H2,44,56)(H,45,62)(H,46,57)(H,47,60)(H,48,63)(H,49,58)(H,50,59)(H,51,61)/t20-,21-,24-,25-,26-,27-,28-,29-,32-,33?/m0/s1. The van der Waals surface area contributed by atoms with E-state index in [0.29, 0.717) is 24.8 Å². The molecule has 2 saturated heterocycles. The zero-order valence-corrected chi connectivity index (χ0v) is 39.0. The van der Waals surface area contributed by atoms with E-state index in [1.807, 2.05) is 0 Å². The molecule has 2 fully saturated rings. The van der Waals surface area contributed by atoms with Crippen molar-refractivity contribution in [1.29, 1.82) is 0 Å². The Labute approximate surface area is 390 Å². The van der Waals surface area contributed by atoms with E-state index >= 15 is 0 Å². The number of rotatable bonds is 15. The molecule has 1 aromatic rings. The van der Waals surface area contributed by atoms with Crippen molar-refractivity contribution in [1.82, 2.24) is 42.1 Å². The molecule has 1 unspecified atom stereocenters. The maximum Gasteiger partial charge on any atom is 0.246 e. The number of benzene rings is 1. The molecule has 0 bridgehead atoms. The summed E-state index contributed by atoms with van der Waals surface area (Å²) in [5, 5.41) is 37.7. The van der Waals surface area contributed by atoms with E-state index < -0.39 is 139 Å². The van der Waals surface area contributed by atoms with Gasteiger partial charge in [0.05, 0.1) is 25.6 Å². The van der Waals surface area contributed by atoms with Crippen LogP contribution in [0.4, 0.5) is 0 Å². The Morgan fingerprint density at radius 2 is 1.41 bits per heavy atom. The van der Waals surface area contributed by atoms with Gasteiger partial charge in [-0.15, -0.1) is 0 Å². The average molecular weight is 966 g/mol. The third kappa shape index (κ3) is 16.3. The second-order valence-electron chi connectivity index (χ2n) is 16.3.